The van der Waals surface area contributed by atoms with Gasteiger partial charge in [0.2, 0.25) is 0 Å². The standard InChI is InChI=1S/C23H39N5O/c1-4-24-23(25-14-10-19-11-15-27(5-2)16-12-19)26-20-13-17-28(18-20)21-8-6-7-9-22(21)29-3/h6-9,19-20H,4-5,10-18H2,1-3H3,(H2,24,25,26). The van der Waals surface area contributed by atoms with Crippen LogP contribution in [-0.4, -0.2) is 69.8 Å². The second kappa shape index (κ2) is 11.3. The molecule has 162 valence electrons. The van der Waals surface area contributed by atoms with E-state index >= 15 is 0 Å². The number of aliphatic imine (C=N–C) groups is 1. The third-order valence-electron chi connectivity index (χ3n) is 6.26. The van der Waals surface area contributed by atoms with Crippen molar-refractivity contribution in [3.05, 3.63) is 24.3 Å². The summed E-state index contributed by atoms with van der Waals surface area (Å²) in [5, 5.41) is 7.08. The van der Waals surface area contributed by atoms with Gasteiger partial charge in [-0.2, -0.15) is 0 Å². The fraction of sp³-hybridized carbons (Fsp3) is 0.696. The van der Waals surface area contributed by atoms with Crippen LogP contribution in [0.15, 0.2) is 29.3 Å². The third kappa shape index (κ3) is 6.26. The lowest BCUT2D eigenvalue weighted by Crippen LogP contribution is -2.44. The number of benzene rings is 1. The van der Waals surface area contributed by atoms with Gasteiger partial charge in [0.05, 0.1) is 12.8 Å². The number of likely N-dealkylation sites (tertiary alicyclic amines) is 1. The van der Waals surface area contributed by atoms with E-state index in [0.717, 1.165) is 50.2 Å². The Bertz CT molecular complexity index is 642. The summed E-state index contributed by atoms with van der Waals surface area (Å²) in [5.41, 5.74) is 1.18. The summed E-state index contributed by atoms with van der Waals surface area (Å²) < 4.78 is 5.54. The van der Waals surface area contributed by atoms with Crippen molar-refractivity contribution in [2.45, 2.75) is 45.6 Å². The van der Waals surface area contributed by atoms with Crippen LogP contribution < -0.4 is 20.3 Å². The Morgan fingerprint density at radius 3 is 2.66 bits per heavy atom. The molecular formula is C23H39N5O. The van der Waals surface area contributed by atoms with Crippen LogP contribution in [0.3, 0.4) is 0 Å². The molecule has 2 aliphatic heterocycles. The third-order valence-corrected chi connectivity index (χ3v) is 6.26. The van der Waals surface area contributed by atoms with Crippen LogP contribution in [0.1, 0.15) is 39.5 Å². The van der Waals surface area contributed by atoms with E-state index in [9.17, 15) is 0 Å². The van der Waals surface area contributed by atoms with Gasteiger partial charge in [0.25, 0.3) is 0 Å². The van der Waals surface area contributed by atoms with E-state index in [1.807, 2.05) is 12.1 Å². The summed E-state index contributed by atoms with van der Waals surface area (Å²) in [5.74, 6) is 2.74. The predicted molar refractivity (Wildman–Crippen MR) is 122 cm³/mol. The minimum absolute atomic E-state index is 0.408. The molecule has 1 atom stereocenters. The first kappa shape index (κ1) is 21.8. The highest BCUT2D eigenvalue weighted by molar-refractivity contribution is 5.80. The zero-order valence-corrected chi connectivity index (χ0v) is 18.5. The maximum absolute atomic E-state index is 5.54. The van der Waals surface area contributed by atoms with Crippen molar-refractivity contribution in [3.8, 4) is 5.75 Å². The first-order valence-corrected chi connectivity index (χ1v) is 11.4. The summed E-state index contributed by atoms with van der Waals surface area (Å²) in [4.78, 5) is 9.84. The molecule has 0 bridgehead atoms. The monoisotopic (exact) mass is 401 g/mol. The van der Waals surface area contributed by atoms with E-state index < -0.39 is 0 Å². The Morgan fingerprint density at radius 1 is 1.14 bits per heavy atom. The highest BCUT2D eigenvalue weighted by Gasteiger charge is 2.25. The zero-order chi connectivity index (χ0) is 20.5. The van der Waals surface area contributed by atoms with Crippen molar-refractivity contribution < 1.29 is 4.74 Å². The molecule has 2 heterocycles. The SMILES string of the molecule is CCNC(=NCCC1CCN(CC)CC1)NC1CCN(c2ccccc2OC)C1. The molecule has 6 nitrogen and oxygen atoms in total. The number of para-hydroxylation sites is 2. The Morgan fingerprint density at radius 2 is 1.93 bits per heavy atom. The van der Waals surface area contributed by atoms with Gasteiger partial charge in [-0.15, -0.1) is 0 Å². The molecule has 3 rings (SSSR count). The number of nitrogens with zero attached hydrogens (tertiary/aromatic N) is 3. The lowest BCUT2D eigenvalue weighted by molar-refractivity contribution is 0.188. The molecule has 2 saturated heterocycles. The van der Waals surface area contributed by atoms with Crippen LogP contribution in [0.2, 0.25) is 0 Å². The van der Waals surface area contributed by atoms with Crippen LogP contribution in [0, 0.1) is 5.92 Å². The minimum Gasteiger partial charge on any atom is -0.495 e. The van der Waals surface area contributed by atoms with E-state index in [1.54, 1.807) is 7.11 Å². The van der Waals surface area contributed by atoms with Crippen molar-refractivity contribution in [1.82, 2.24) is 15.5 Å². The van der Waals surface area contributed by atoms with Gasteiger partial charge in [-0.25, -0.2) is 0 Å². The molecule has 1 aromatic carbocycles. The molecule has 0 radical (unpaired) electrons. The van der Waals surface area contributed by atoms with Gasteiger partial charge in [-0.3, -0.25) is 4.99 Å². The summed E-state index contributed by atoms with van der Waals surface area (Å²) in [7, 11) is 1.74. The highest BCUT2D eigenvalue weighted by atomic mass is 16.5. The minimum atomic E-state index is 0.408. The lowest BCUT2D eigenvalue weighted by Gasteiger charge is -2.30. The maximum Gasteiger partial charge on any atom is 0.191 e. The molecule has 6 heteroatoms. The van der Waals surface area contributed by atoms with Crippen molar-refractivity contribution in [2.24, 2.45) is 10.9 Å². The molecule has 2 aliphatic rings. The second-order valence-electron chi connectivity index (χ2n) is 8.17. The molecule has 29 heavy (non-hydrogen) atoms. The summed E-state index contributed by atoms with van der Waals surface area (Å²) in [6.07, 6.45) is 4.96. The summed E-state index contributed by atoms with van der Waals surface area (Å²) in [6, 6.07) is 8.69. The van der Waals surface area contributed by atoms with Crippen molar-refractivity contribution >= 4 is 11.6 Å². The number of methoxy groups -OCH3 is 1. The van der Waals surface area contributed by atoms with Crippen molar-refractivity contribution in [1.29, 1.82) is 0 Å². The molecule has 2 fully saturated rings. The largest absolute Gasteiger partial charge is 0.495 e. The summed E-state index contributed by atoms with van der Waals surface area (Å²) >= 11 is 0. The smallest absolute Gasteiger partial charge is 0.191 e. The molecule has 0 spiro atoms. The number of ether oxygens (including phenoxy) is 1. The number of piperidine rings is 1. The first-order chi connectivity index (χ1) is 14.2. The molecule has 0 aliphatic carbocycles. The molecule has 0 aromatic heterocycles. The number of hydrogen-bond donors (Lipinski definition) is 2. The Balaban J connectivity index is 1.48. The highest BCUT2D eigenvalue weighted by Crippen LogP contribution is 2.30. The zero-order valence-electron chi connectivity index (χ0n) is 18.5. The number of hydrogen-bond acceptors (Lipinski definition) is 4. The fourth-order valence-electron chi connectivity index (χ4n) is 4.45. The summed E-state index contributed by atoms with van der Waals surface area (Å²) in [6.45, 7) is 11.9. The maximum atomic E-state index is 5.54. The van der Waals surface area contributed by atoms with Gasteiger partial charge < -0.3 is 25.2 Å². The van der Waals surface area contributed by atoms with Gasteiger partial charge in [0, 0.05) is 32.2 Å². The first-order valence-electron chi connectivity index (χ1n) is 11.4. The molecule has 1 aromatic rings. The topological polar surface area (TPSA) is 52.1 Å². The second-order valence-corrected chi connectivity index (χ2v) is 8.17. The fourth-order valence-corrected chi connectivity index (χ4v) is 4.45. The van der Waals surface area contributed by atoms with Gasteiger partial charge >= 0.3 is 0 Å². The Kier molecular flexibility index (Phi) is 8.47. The normalized spacial score (nSPS) is 21.4. The molecule has 2 N–H and O–H groups in total. The van der Waals surface area contributed by atoms with E-state index in [4.69, 9.17) is 9.73 Å². The average molecular weight is 402 g/mol. The van der Waals surface area contributed by atoms with Crippen molar-refractivity contribution in [3.63, 3.8) is 0 Å². The van der Waals surface area contributed by atoms with Crippen LogP contribution in [-0.2, 0) is 0 Å². The van der Waals surface area contributed by atoms with Crippen LogP contribution in [0.5, 0.6) is 5.75 Å². The van der Waals surface area contributed by atoms with Gasteiger partial charge in [-0.1, -0.05) is 19.1 Å². The number of rotatable bonds is 8. The lowest BCUT2D eigenvalue weighted by atomic mass is 9.94. The Labute approximate surface area is 176 Å². The molecule has 0 saturated carbocycles. The van der Waals surface area contributed by atoms with E-state index in [0.29, 0.717) is 6.04 Å². The molecule has 1 unspecified atom stereocenters. The van der Waals surface area contributed by atoms with Crippen LogP contribution in [0.4, 0.5) is 5.69 Å². The number of guanidine groups is 1. The van der Waals surface area contributed by atoms with E-state index in [2.05, 4.69) is 46.4 Å². The van der Waals surface area contributed by atoms with Crippen LogP contribution in [0.25, 0.3) is 0 Å². The van der Waals surface area contributed by atoms with Crippen LogP contribution >= 0.6 is 0 Å². The van der Waals surface area contributed by atoms with Gasteiger partial charge in [-0.05, 0) is 70.3 Å². The average Bonchev–Trinajstić information content (AvgIpc) is 3.22. The van der Waals surface area contributed by atoms with E-state index in [1.165, 1.54) is 44.6 Å². The predicted octanol–water partition coefficient (Wildman–Crippen LogP) is 2.95. The molecule has 0 amide bonds. The molecular weight excluding hydrogens is 362 g/mol. The van der Waals surface area contributed by atoms with Crippen molar-refractivity contribution in [2.75, 3.05) is 57.8 Å². The van der Waals surface area contributed by atoms with Gasteiger partial charge in [0.1, 0.15) is 5.75 Å². The van der Waals surface area contributed by atoms with Gasteiger partial charge in [0.15, 0.2) is 5.96 Å². The quantitative estimate of drug-likeness (QED) is 0.518. The number of anilines is 1. The number of nitrogens with one attached hydrogen (secondary N) is 2. The Hall–Kier alpha value is -1.95. The van der Waals surface area contributed by atoms with E-state index in [-0.39, 0.29) is 0 Å².